The Bertz CT molecular complexity index is 970. The molecule has 0 bridgehead atoms. The van der Waals surface area contributed by atoms with Crippen molar-refractivity contribution in [1.29, 1.82) is 0 Å². The molecule has 29 heavy (non-hydrogen) atoms. The number of nitrogen functional groups attached to an aromatic ring is 1. The Morgan fingerprint density at radius 2 is 1.97 bits per heavy atom. The molecule has 0 aliphatic carbocycles. The second-order valence-electron chi connectivity index (χ2n) is 7.26. The zero-order valence-corrected chi connectivity index (χ0v) is 17.5. The van der Waals surface area contributed by atoms with E-state index in [9.17, 15) is 9.59 Å². The predicted molar refractivity (Wildman–Crippen MR) is 118 cm³/mol. The SMILES string of the molecule is CCN(CC)CCNC(=O)c1c(C)[nH]c(/C=C2\C(=O)Nc3cc(N)ccc32)c1C. The van der Waals surface area contributed by atoms with Crippen molar-refractivity contribution in [3.8, 4) is 0 Å². The second kappa shape index (κ2) is 8.53. The van der Waals surface area contributed by atoms with Crippen LogP contribution >= 0.6 is 0 Å². The number of nitrogens with two attached hydrogens (primary N) is 1. The lowest BCUT2D eigenvalue weighted by molar-refractivity contribution is -0.110. The number of benzene rings is 1. The monoisotopic (exact) mass is 395 g/mol. The maximum absolute atomic E-state index is 12.7. The number of aromatic nitrogens is 1. The van der Waals surface area contributed by atoms with Crippen molar-refractivity contribution >= 4 is 34.8 Å². The van der Waals surface area contributed by atoms with E-state index in [1.54, 1.807) is 18.2 Å². The lowest BCUT2D eigenvalue weighted by Crippen LogP contribution is -2.35. The summed E-state index contributed by atoms with van der Waals surface area (Å²) in [5, 5.41) is 5.84. The van der Waals surface area contributed by atoms with Crippen molar-refractivity contribution in [2.24, 2.45) is 0 Å². The fourth-order valence-corrected chi connectivity index (χ4v) is 3.71. The quantitative estimate of drug-likeness (QED) is 0.427. The van der Waals surface area contributed by atoms with Gasteiger partial charge < -0.3 is 26.3 Å². The van der Waals surface area contributed by atoms with Gasteiger partial charge in [0.1, 0.15) is 0 Å². The normalized spacial score (nSPS) is 14.4. The first-order valence-electron chi connectivity index (χ1n) is 9.98. The van der Waals surface area contributed by atoms with Crippen molar-refractivity contribution in [1.82, 2.24) is 15.2 Å². The smallest absolute Gasteiger partial charge is 0.256 e. The van der Waals surface area contributed by atoms with Gasteiger partial charge in [-0.3, -0.25) is 9.59 Å². The number of carbonyl (C=O) groups excluding carboxylic acids is 2. The Balaban J connectivity index is 1.82. The summed E-state index contributed by atoms with van der Waals surface area (Å²) in [4.78, 5) is 30.7. The molecule has 0 spiro atoms. The van der Waals surface area contributed by atoms with Crippen LogP contribution in [0.5, 0.6) is 0 Å². The largest absolute Gasteiger partial charge is 0.399 e. The zero-order valence-electron chi connectivity index (χ0n) is 17.5. The van der Waals surface area contributed by atoms with Gasteiger partial charge in [-0.05, 0) is 50.7 Å². The lowest BCUT2D eigenvalue weighted by atomic mass is 10.0. The minimum atomic E-state index is -0.178. The molecule has 1 aliphatic heterocycles. The molecular weight excluding hydrogens is 366 g/mol. The third-order valence-electron chi connectivity index (χ3n) is 5.43. The summed E-state index contributed by atoms with van der Waals surface area (Å²) < 4.78 is 0. The molecule has 2 aromatic rings. The predicted octanol–water partition coefficient (Wildman–Crippen LogP) is 2.78. The van der Waals surface area contributed by atoms with E-state index in [-0.39, 0.29) is 11.8 Å². The molecule has 0 unspecified atom stereocenters. The highest BCUT2D eigenvalue weighted by Gasteiger charge is 2.25. The average Bonchev–Trinajstić information content (AvgIpc) is 3.14. The lowest BCUT2D eigenvalue weighted by Gasteiger charge is -2.18. The molecule has 2 heterocycles. The molecule has 3 rings (SSSR count). The van der Waals surface area contributed by atoms with Gasteiger partial charge in [-0.25, -0.2) is 0 Å². The number of fused-ring (bicyclic) bond motifs is 1. The standard InChI is InChI=1S/C22H29N5O2/c1-5-27(6-2)10-9-24-22(29)20-13(3)18(25-14(20)4)12-17-16-8-7-15(23)11-19(16)26-21(17)28/h7-8,11-12,25H,5-6,9-10,23H2,1-4H3,(H,24,29)(H,26,28)/b17-12-. The molecule has 0 saturated carbocycles. The van der Waals surface area contributed by atoms with Crippen LogP contribution in [0.3, 0.4) is 0 Å². The van der Waals surface area contributed by atoms with Crippen molar-refractivity contribution in [2.45, 2.75) is 27.7 Å². The second-order valence-corrected chi connectivity index (χ2v) is 7.26. The molecule has 1 aromatic heterocycles. The van der Waals surface area contributed by atoms with Crippen molar-refractivity contribution < 1.29 is 9.59 Å². The Labute approximate surface area is 171 Å². The number of likely N-dealkylation sites (N-methyl/N-ethyl adjacent to an activating group) is 1. The highest BCUT2D eigenvalue weighted by molar-refractivity contribution is 6.35. The number of rotatable bonds is 7. The van der Waals surface area contributed by atoms with Crippen LogP contribution in [0.25, 0.3) is 11.6 Å². The van der Waals surface area contributed by atoms with Gasteiger partial charge in [-0.1, -0.05) is 19.9 Å². The molecular formula is C22H29N5O2. The van der Waals surface area contributed by atoms with Crippen molar-refractivity contribution in [3.63, 3.8) is 0 Å². The summed E-state index contributed by atoms with van der Waals surface area (Å²) in [7, 11) is 0. The van der Waals surface area contributed by atoms with Gasteiger partial charge in [0.2, 0.25) is 0 Å². The molecule has 1 aliphatic rings. The average molecular weight is 396 g/mol. The maximum atomic E-state index is 12.7. The number of anilines is 2. The molecule has 7 heteroatoms. The van der Waals surface area contributed by atoms with Crippen molar-refractivity contribution in [2.75, 3.05) is 37.2 Å². The molecule has 2 amide bonds. The van der Waals surface area contributed by atoms with Gasteiger partial charge in [0.15, 0.2) is 0 Å². The van der Waals surface area contributed by atoms with Gasteiger partial charge in [-0.15, -0.1) is 0 Å². The number of nitrogens with zero attached hydrogens (tertiary/aromatic N) is 1. The topological polar surface area (TPSA) is 103 Å². The van der Waals surface area contributed by atoms with Crippen LogP contribution in [0.2, 0.25) is 0 Å². The van der Waals surface area contributed by atoms with E-state index in [2.05, 4.69) is 34.4 Å². The number of amides is 2. The third kappa shape index (κ3) is 4.19. The molecule has 0 atom stereocenters. The number of hydrogen-bond acceptors (Lipinski definition) is 4. The fraction of sp³-hybridized carbons (Fsp3) is 0.364. The Morgan fingerprint density at radius 1 is 1.24 bits per heavy atom. The summed E-state index contributed by atoms with van der Waals surface area (Å²) in [5.74, 6) is -0.278. The van der Waals surface area contributed by atoms with Gasteiger partial charge in [0.25, 0.3) is 11.8 Å². The fourth-order valence-electron chi connectivity index (χ4n) is 3.71. The van der Waals surface area contributed by atoms with E-state index >= 15 is 0 Å². The van der Waals surface area contributed by atoms with Crippen LogP contribution in [-0.4, -0.2) is 47.9 Å². The number of hydrogen-bond donors (Lipinski definition) is 4. The number of carbonyl (C=O) groups is 2. The van der Waals surface area contributed by atoms with Crippen LogP contribution in [0.1, 0.15) is 46.7 Å². The molecule has 154 valence electrons. The van der Waals surface area contributed by atoms with Gasteiger partial charge in [0, 0.05) is 35.7 Å². The number of aromatic amines is 1. The Kier molecular flexibility index (Phi) is 6.08. The van der Waals surface area contributed by atoms with E-state index in [0.717, 1.165) is 42.1 Å². The summed E-state index contributed by atoms with van der Waals surface area (Å²) in [6.45, 7) is 11.3. The number of nitrogens with one attached hydrogen (secondary N) is 3. The molecule has 7 nitrogen and oxygen atoms in total. The summed E-state index contributed by atoms with van der Waals surface area (Å²) in [6.07, 6.45) is 1.80. The van der Waals surface area contributed by atoms with Crippen LogP contribution in [0.15, 0.2) is 18.2 Å². The third-order valence-corrected chi connectivity index (χ3v) is 5.43. The Hall–Kier alpha value is -3.06. The molecule has 0 radical (unpaired) electrons. The summed E-state index contributed by atoms with van der Waals surface area (Å²) in [6, 6.07) is 5.35. The highest BCUT2D eigenvalue weighted by Crippen LogP contribution is 2.35. The van der Waals surface area contributed by atoms with Crippen LogP contribution < -0.4 is 16.4 Å². The first-order valence-corrected chi connectivity index (χ1v) is 9.98. The molecule has 1 aromatic carbocycles. The van der Waals surface area contributed by atoms with Crippen LogP contribution in [0.4, 0.5) is 11.4 Å². The van der Waals surface area contributed by atoms with Gasteiger partial charge in [-0.2, -0.15) is 0 Å². The van der Waals surface area contributed by atoms with Crippen LogP contribution in [-0.2, 0) is 4.79 Å². The minimum absolute atomic E-state index is 0.0999. The van der Waals surface area contributed by atoms with E-state index in [0.29, 0.717) is 29.1 Å². The summed E-state index contributed by atoms with van der Waals surface area (Å²) in [5.41, 5.74) is 11.5. The van der Waals surface area contributed by atoms with E-state index in [1.807, 2.05) is 19.9 Å². The molecule has 5 N–H and O–H groups in total. The first-order chi connectivity index (χ1) is 13.8. The Morgan fingerprint density at radius 3 is 2.66 bits per heavy atom. The number of aryl methyl sites for hydroxylation is 1. The zero-order chi connectivity index (χ0) is 21.1. The van der Waals surface area contributed by atoms with E-state index < -0.39 is 0 Å². The molecule has 0 saturated heterocycles. The minimum Gasteiger partial charge on any atom is -0.399 e. The van der Waals surface area contributed by atoms with E-state index in [1.165, 1.54) is 0 Å². The van der Waals surface area contributed by atoms with Crippen molar-refractivity contribution in [3.05, 3.63) is 46.3 Å². The maximum Gasteiger partial charge on any atom is 0.256 e. The number of H-pyrrole nitrogens is 1. The van der Waals surface area contributed by atoms with Gasteiger partial charge in [0.05, 0.1) is 16.8 Å². The summed E-state index contributed by atoms with van der Waals surface area (Å²) >= 11 is 0. The van der Waals surface area contributed by atoms with Crippen LogP contribution in [0, 0.1) is 13.8 Å². The van der Waals surface area contributed by atoms with E-state index in [4.69, 9.17) is 5.73 Å². The first kappa shape index (κ1) is 20.7. The van der Waals surface area contributed by atoms with Gasteiger partial charge >= 0.3 is 0 Å². The molecule has 0 fully saturated rings. The highest BCUT2D eigenvalue weighted by atomic mass is 16.2.